The van der Waals surface area contributed by atoms with E-state index in [2.05, 4.69) is 15.2 Å². The molecule has 1 N–H and O–H groups in total. The molecule has 0 saturated carbocycles. The van der Waals surface area contributed by atoms with Crippen LogP contribution in [0.1, 0.15) is 31.2 Å². The number of carbonyl (C=O) groups excluding carboxylic acids is 1. The molecule has 1 aliphatic rings. The number of nitrogens with one attached hydrogen (secondary N) is 1. The fraction of sp³-hybridized carbons (Fsp3) is 0.600. The monoisotopic (exact) mass is 261 g/mol. The molecule has 1 saturated heterocycles. The quantitative estimate of drug-likeness (QED) is 0.759. The molecular formula is C15H23N3O. The number of hydrogen-bond donors (Lipinski definition) is 1. The summed E-state index contributed by atoms with van der Waals surface area (Å²) >= 11 is 0. The van der Waals surface area contributed by atoms with E-state index in [9.17, 15) is 4.79 Å². The fourth-order valence-electron chi connectivity index (χ4n) is 2.44. The lowest BCUT2D eigenvalue weighted by molar-refractivity contribution is -0.120. The highest BCUT2D eigenvalue weighted by atomic mass is 16.1. The van der Waals surface area contributed by atoms with Gasteiger partial charge in [-0.3, -0.25) is 9.78 Å². The van der Waals surface area contributed by atoms with Crippen LogP contribution in [0.4, 0.5) is 0 Å². The van der Waals surface area contributed by atoms with Crippen LogP contribution in [0.25, 0.3) is 0 Å². The number of amides is 1. The molecule has 104 valence electrons. The lowest BCUT2D eigenvalue weighted by Gasteiger charge is -2.14. The molecule has 4 nitrogen and oxygen atoms in total. The molecule has 0 aliphatic carbocycles. The zero-order valence-electron chi connectivity index (χ0n) is 11.5. The van der Waals surface area contributed by atoms with Gasteiger partial charge >= 0.3 is 0 Å². The van der Waals surface area contributed by atoms with Crippen molar-refractivity contribution < 1.29 is 4.79 Å². The Morgan fingerprint density at radius 1 is 1.21 bits per heavy atom. The largest absolute Gasteiger partial charge is 0.356 e. The van der Waals surface area contributed by atoms with E-state index in [0.29, 0.717) is 6.42 Å². The van der Waals surface area contributed by atoms with E-state index in [1.54, 1.807) is 12.4 Å². The smallest absolute Gasteiger partial charge is 0.224 e. The molecule has 0 spiro atoms. The predicted molar refractivity (Wildman–Crippen MR) is 75.9 cm³/mol. The molecule has 2 heterocycles. The number of nitrogens with zero attached hydrogens (tertiary/aromatic N) is 2. The number of rotatable bonds is 7. The first kappa shape index (κ1) is 14.0. The van der Waals surface area contributed by atoms with Crippen molar-refractivity contribution in [2.24, 2.45) is 0 Å². The summed E-state index contributed by atoms with van der Waals surface area (Å²) in [4.78, 5) is 18.1. The van der Waals surface area contributed by atoms with Crippen LogP contribution < -0.4 is 5.32 Å². The number of unbranched alkanes of at least 4 members (excludes halogenated alkanes) is 1. The van der Waals surface area contributed by atoms with E-state index >= 15 is 0 Å². The minimum Gasteiger partial charge on any atom is -0.356 e. The molecule has 0 radical (unpaired) electrons. The summed E-state index contributed by atoms with van der Waals surface area (Å²) in [5, 5.41) is 2.98. The Balaban J connectivity index is 1.51. The van der Waals surface area contributed by atoms with Gasteiger partial charge in [-0.1, -0.05) is 0 Å². The van der Waals surface area contributed by atoms with Gasteiger partial charge in [0.1, 0.15) is 0 Å². The summed E-state index contributed by atoms with van der Waals surface area (Å²) < 4.78 is 0. The van der Waals surface area contributed by atoms with Gasteiger partial charge in [-0.2, -0.15) is 0 Å². The van der Waals surface area contributed by atoms with E-state index in [4.69, 9.17) is 0 Å². The molecule has 0 aromatic carbocycles. The number of pyridine rings is 1. The molecule has 4 heteroatoms. The summed E-state index contributed by atoms with van der Waals surface area (Å²) in [6.07, 6.45) is 8.84. The standard InChI is InChI=1S/C15H23N3O/c19-15(13-14-5-8-16-9-6-14)17-7-1-2-10-18-11-3-4-12-18/h5-6,8-9H,1-4,7,10-13H2,(H,17,19). The highest BCUT2D eigenvalue weighted by Crippen LogP contribution is 2.07. The van der Waals surface area contributed by atoms with Gasteiger partial charge in [-0.15, -0.1) is 0 Å². The Bertz CT molecular complexity index is 374. The van der Waals surface area contributed by atoms with Gasteiger partial charge in [0.05, 0.1) is 6.42 Å². The van der Waals surface area contributed by atoms with Crippen LogP contribution >= 0.6 is 0 Å². The van der Waals surface area contributed by atoms with Crippen molar-refractivity contribution in [3.05, 3.63) is 30.1 Å². The first-order chi connectivity index (χ1) is 9.34. The number of hydrogen-bond acceptors (Lipinski definition) is 3. The van der Waals surface area contributed by atoms with E-state index in [-0.39, 0.29) is 5.91 Å². The SMILES string of the molecule is O=C(Cc1ccncc1)NCCCCN1CCCC1. The highest BCUT2D eigenvalue weighted by molar-refractivity contribution is 5.78. The molecule has 1 aromatic rings. The van der Waals surface area contributed by atoms with E-state index < -0.39 is 0 Å². The second-order valence-corrected chi connectivity index (χ2v) is 5.14. The van der Waals surface area contributed by atoms with Crippen LogP contribution in [0.3, 0.4) is 0 Å². The van der Waals surface area contributed by atoms with Crippen LogP contribution in [-0.2, 0) is 11.2 Å². The molecule has 2 rings (SSSR count). The maximum absolute atomic E-state index is 11.7. The predicted octanol–water partition coefficient (Wildman–Crippen LogP) is 1.62. The van der Waals surface area contributed by atoms with Crippen molar-refractivity contribution in [2.75, 3.05) is 26.2 Å². The summed E-state index contributed by atoms with van der Waals surface area (Å²) in [6.45, 7) is 4.49. The first-order valence-electron chi connectivity index (χ1n) is 7.22. The Kier molecular flexibility index (Phi) is 5.82. The topological polar surface area (TPSA) is 45.2 Å². The van der Waals surface area contributed by atoms with Crippen LogP contribution in [0.15, 0.2) is 24.5 Å². The molecule has 0 unspecified atom stereocenters. The Morgan fingerprint density at radius 2 is 1.95 bits per heavy atom. The first-order valence-corrected chi connectivity index (χ1v) is 7.22. The third-order valence-electron chi connectivity index (χ3n) is 3.54. The van der Waals surface area contributed by atoms with Gasteiger partial charge in [0.25, 0.3) is 0 Å². The van der Waals surface area contributed by atoms with Crippen molar-refractivity contribution in [3.8, 4) is 0 Å². The second kappa shape index (κ2) is 7.89. The zero-order chi connectivity index (χ0) is 13.3. The van der Waals surface area contributed by atoms with E-state index in [0.717, 1.165) is 18.5 Å². The van der Waals surface area contributed by atoms with Gasteiger partial charge in [0.2, 0.25) is 5.91 Å². The summed E-state index contributed by atoms with van der Waals surface area (Å²) in [5.74, 6) is 0.104. The Hall–Kier alpha value is -1.42. The maximum atomic E-state index is 11.7. The third-order valence-corrected chi connectivity index (χ3v) is 3.54. The normalized spacial score (nSPS) is 15.6. The molecule has 1 fully saturated rings. The Labute approximate surface area is 115 Å². The minimum absolute atomic E-state index is 0.104. The van der Waals surface area contributed by atoms with Gasteiger partial charge in [0, 0.05) is 18.9 Å². The maximum Gasteiger partial charge on any atom is 0.224 e. The van der Waals surface area contributed by atoms with Gasteiger partial charge in [-0.05, 0) is 63.0 Å². The molecule has 19 heavy (non-hydrogen) atoms. The number of likely N-dealkylation sites (tertiary alicyclic amines) is 1. The van der Waals surface area contributed by atoms with Crippen molar-refractivity contribution in [3.63, 3.8) is 0 Å². The molecule has 1 aromatic heterocycles. The number of carbonyl (C=O) groups is 1. The van der Waals surface area contributed by atoms with E-state index in [1.807, 2.05) is 12.1 Å². The molecular weight excluding hydrogens is 238 g/mol. The lowest BCUT2D eigenvalue weighted by atomic mass is 10.2. The van der Waals surface area contributed by atoms with Gasteiger partial charge in [-0.25, -0.2) is 0 Å². The van der Waals surface area contributed by atoms with Crippen LogP contribution in [0, 0.1) is 0 Å². The molecule has 1 amide bonds. The van der Waals surface area contributed by atoms with Gasteiger partial charge in [0.15, 0.2) is 0 Å². The minimum atomic E-state index is 0.104. The van der Waals surface area contributed by atoms with Crippen molar-refractivity contribution in [2.45, 2.75) is 32.1 Å². The van der Waals surface area contributed by atoms with Gasteiger partial charge < -0.3 is 10.2 Å². The van der Waals surface area contributed by atoms with Crippen molar-refractivity contribution in [1.82, 2.24) is 15.2 Å². The summed E-state index contributed by atoms with van der Waals surface area (Å²) in [7, 11) is 0. The Morgan fingerprint density at radius 3 is 2.68 bits per heavy atom. The van der Waals surface area contributed by atoms with E-state index in [1.165, 1.54) is 38.9 Å². The van der Waals surface area contributed by atoms with Crippen LogP contribution in [0.5, 0.6) is 0 Å². The van der Waals surface area contributed by atoms with Crippen molar-refractivity contribution >= 4 is 5.91 Å². The molecule has 0 atom stereocenters. The molecule has 0 bridgehead atoms. The van der Waals surface area contributed by atoms with Crippen LogP contribution in [0.2, 0.25) is 0 Å². The third kappa shape index (κ3) is 5.39. The summed E-state index contributed by atoms with van der Waals surface area (Å²) in [5.41, 5.74) is 1.02. The zero-order valence-corrected chi connectivity index (χ0v) is 11.5. The average Bonchev–Trinajstić information content (AvgIpc) is 2.92. The van der Waals surface area contributed by atoms with Crippen molar-refractivity contribution in [1.29, 1.82) is 0 Å². The number of aromatic nitrogens is 1. The average molecular weight is 261 g/mol. The summed E-state index contributed by atoms with van der Waals surface area (Å²) in [6, 6.07) is 3.76. The fourth-order valence-corrected chi connectivity index (χ4v) is 2.44. The highest BCUT2D eigenvalue weighted by Gasteiger charge is 2.10. The molecule has 1 aliphatic heterocycles. The second-order valence-electron chi connectivity index (χ2n) is 5.14. The van der Waals surface area contributed by atoms with Crippen LogP contribution in [-0.4, -0.2) is 42.0 Å². The lowest BCUT2D eigenvalue weighted by Crippen LogP contribution is -2.27.